The van der Waals surface area contributed by atoms with Gasteiger partial charge in [-0.25, -0.2) is 19.1 Å². The Kier molecular flexibility index (Phi) is 7.88. The van der Waals surface area contributed by atoms with Crippen LogP contribution in [0.4, 0.5) is 13.2 Å². The number of nitrogens with two attached hydrogens (primary N) is 1. The summed E-state index contributed by atoms with van der Waals surface area (Å²) in [6.07, 6.45) is -5.97. The zero-order valence-electron chi connectivity index (χ0n) is 21.8. The minimum Gasteiger partial charge on any atom is -0.382 e. The molecule has 4 aromatic rings. The molecule has 1 saturated heterocycles. The third kappa shape index (κ3) is 5.92. The smallest absolute Gasteiger partial charge is 0.382 e. The van der Waals surface area contributed by atoms with Crippen LogP contribution in [-0.4, -0.2) is 76.3 Å². The molecular formula is C26H24ClF3N8O4. The van der Waals surface area contributed by atoms with Gasteiger partial charge in [0.05, 0.1) is 23.7 Å². The van der Waals surface area contributed by atoms with Gasteiger partial charge in [0.15, 0.2) is 17.8 Å². The van der Waals surface area contributed by atoms with Gasteiger partial charge in [-0.15, -0.1) is 10.2 Å². The molecule has 2 aromatic carbocycles. The van der Waals surface area contributed by atoms with Crippen LogP contribution in [0.25, 0.3) is 17.1 Å². The van der Waals surface area contributed by atoms with E-state index in [0.29, 0.717) is 34.8 Å². The van der Waals surface area contributed by atoms with Crippen LogP contribution in [0.3, 0.4) is 0 Å². The zero-order valence-corrected chi connectivity index (χ0v) is 22.5. The quantitative estimate of drug-likeness (QED) is 0.311. The van der Waals surface area contributed by atoms with Gasteiger partial charge in [0.25, 0.3) is 5.91 Å². The number of benzene rings is 2. The van der Waals surface area contributed by atoms with Crippen LogP contribution >= 0.6 is 11.6 Å². The summed E-state index contributed by atoms with van der Waals surface area (Å²) < 4.78 is 42.3. The molecule has 2 amide bonds. The number of aromatic nitrogens is 6. The SMILES string of the molecule is NC(=O)[C@H]1CCN(C(=O)c2ccccc2-n2cnc(Cn3nc(-c4ccc(Cl)cc4)n(C[C@H](O)C(F)(F)F)c3=O)n2)C1. The Bertz CT molecular complexity index is 1680. The van der Waals surface area contributed by atoms with Gasteiger partial charge in [0.1, 0.15) is 12.9 Å². The number of para-hydroxylation sites is 1. The van der Waals surface area contributed by atoms with Gasteiger partial charge < -0.3 is 15.7 Å². The first-order valence-corrected chi connectivity index (χ1v) is 13.1. The van der Waals surface area contributed by atoms with Gasteiger partial charge in [-0.2, -0.15) is 13.2 Å². The average molecular weight is 605 g/mol. The Hall–Kier alpha value is -4.50. The minimum absolute atomic E-state index is 0.0815. The number of amides is 2. The first-order chi connectivity index (χ1) is 19.9. The lowest BCUT2D eigenvalue weighted by Gasteiger charge is -2.18. The first-order valence-electron chi connectivity index (χ1n) is 12.7. The van der Waals surface area contributed by atoms with Crippen molar-refractivity contribution in [2.24, 2.45) is 11.7 Å². The summed E-state index contributed by atoms with van der Waals surface area (Å²) in [5.74, 6) is -1.25. The third-order valence-corrected chi connectivity index (χ3v) is 7.10. The number of likely N-dealkylation sites (tertiary alicyclic amines) is 1. The van der Waals surface area contributed by atoms with Crippen molar-refractivity contribution in [3.63, 3.8) is 0 Å². The second-order valence-corrected chi connectivity index (χ2v) is 10.1. The molecule has 1 aliphatic rings. The second-order valence-electron chi connectivity index (χ2n) is 9.70. The fraction of sp³-hybridized carbons (Fsp3) is 0.308. The van der Waals surface area contributed by atoms with Crippen molar-refractivity contribution in [3.8, 4) is 17.1 Å². The number of hydrogen-bond donors (Lipinski definition) is 2. The van der Waals surface area contributed by atoms with Gasteiger partial charge in [-0.1, -0.05) is 23.7 Å². The van der Waals surface area contributed by atoms with Crippen LogP contribution in [-0.2, 0) is 17.9 Å². The maximum Gasteiger partial charge on any atom is 0.416 e. The van der Waals surface area contributed by atoms with Crippen LogP contribution in [0.1, 0.15) is 22.6 Å². The maximum absolute atomic E-state index is 13.3. The molecule has 5 rings (SSSR count). The van der Waals surface area contributed by atoms with Gasteiger partial charge in [0.2, 0.25) is 5.91 Å². The molecule has 0 bridgehead atoms. The van der Waals surface area contributed by atoms with Crippen LogP contribution in [0.5, 0.6) is 0 Å². The second kappa shape index (κ2) is 11.4. The van der Waals surface area contributed by atoms with Crippen molar-refractivity contribution in [2.45, 2.75) is 31.8 Å². The number of carbonyl (C=O) groups excluding carboxylic acids is 2. The van der Waals surface area contributed by atoms with E-state index in [-0.39, 0.29) is 30.6 Å². The summed E-state index contributed by atoms with van der Waals surface area (Å²) in [6, 6.07) is 12.6. The molecule has 0 aliphatic carbocycles. The molecule has 42 heavy (non-hydrogen) atoms. The summed E-state index contributed by atoms with van der Waals surface area (Å²) in [5, 5.41) is 18.6. The minimum atomic E-state index is -4.96. The van der Waals surface area contributed by atoms with Gasteiger partial charge >= 0.3 is 11.9 Å². The number of hydrogen-bond acceptors (Lipinski definition) is 7. The van der Waals surface area contributed by atoms with E-state index in [2.05, 4.69) is 15.2 Å². The van der Waals surface area contributed by atoms with E-state index < -0.39 is 36.3 Å². The highest BCUT2D eigenvalue weighted by atomic mass is 35.5. The number of carbonyl (C=O) groups is 2. The third-order valence-electron chi connectivity index (χ3n) is 6.85. The zero-order chi connectivity index (χ0) is 30.2. The van der Waals surface area contributed by atoms with E-state index in [0.717, 1.165) is 9.25 Å². The van der Waals surface area contributed by atoms with E-state index in [1.807, 2.05) is 0 Å². The van der Waals surface area contributed by atoms with Crippen molar-refractivity contribution in [2.75, 3.05) is 13.1 Å². The molecule has 12 nitrogen and oxygen atoms in total. The lowest BCUT2D eigenvalue weighted by atomic mass is 10.1. The highest BCUT2D eigenvalue weighted by molar-refractivity contribution is 6.30. The molecule has 1 aliphatic heterocycles. The lowest BCUT2D eigenvalue weighted by molar-refractivity contribution is -0.207. The van der Waals surface area contributed by atoms with Crippen molar-refractivity contribution in [1.29, 1.82) is 0 Å². The highest BCUT2D eigenvalue weighted by Crippen LogP contribution is 2.25. The summed E-state index contributed by atoms with van der Waals surface area (Å²) in [7, 11) is 0. The Morgan fingerprint density at radius 2 is 1.83 bits per heavy atom. The van der Waals surface area contributed by atoms with E-state index in [4.69, 9.17) is 17.3 Å². The topological polar surface area (TPSA) is 154 Å². The highest BCUT2D eigenvalue weighted by Gasteiger charge is 2.39. The molecular weight excluding hydrogens is 581 g/mol. The Morgan fingerprint density at radius 3 is 2.50 bits per heavy atom. The van der Waals surface area contributed by atoms with Crippen molar-refractivity contribution in [3.05, 3.63) is 81.8 Å². The fourth-order valence-corrected chi connectivity index (χ4v) is 4.74. The Labute approximate surface area is 240 Å². The molecule has 1 fully saturated rings. The monoisotopic (exact) mass is 604 g/mol. The molecule has 16 heteroatoms. The number of rotatable bonds is 8. The number of aliphatic hydroxyl groups excluding tert-OH is 1. The summed E-state index contributed by atoms with van der Waals surface area (Å²) >= 11 is 5.92. The van der Waals surface area contributed by atoms with Crippen LogP contribution < -0.4 is 11.4 Å². The lowest BCUT2D eigenvalue weighted by Crippen LogP contribution is -2.37. The number of nitrogens with zero attached hydrogens (tertiary/aromatic N) is 7. The van der Waals surface area contributed by atoms with Crippen molar-refractivity contribution in [1.82, 2.24) is 34.0 Å². The first kappa shape index (κ1) is 29.0. The molecule has 2 aromatic heterocycles. The number of aliphatic hydroxyl groups is 1. The molecule has 3 N–H and O–H groups in total. The van der Waals surface area contributed by atoms with Gasteiger partial charge in [0, 0.05) is 23.7 Å². The van der Waals surface area contributed by atoms with E-state index >= 15 is 0 Å². The standard InChI is InChI=1S/C26H24ClF3N8O4/c27-17-7-5-15(6-8-17)23-34-37(25(42)36(23)12-20(39)26(28,29)30)13-21-32-14-38(33-21)19-4-2-1-3-18(19)24(41)35-10-9-16(11-35)22(31)40/h1-8,14,16,20,39H,9-13H2,(H2,31,40)/t16-,20-/m0/s1. The van der Waals surface area contributed by atoms with Gasteiger partial charge in [-0.05, 0) is 42.8 Å². The Balaban J connectivity index is 1.43. The van der Waals surface area contributed by atoms with Crippen LogP contribution in [0, 0.1) is 5.92 Å². The van der Waals surface area contributed by atoms with Crippen molar-refractivity contribution >= 4 is 23.4 Å². The van der Waals surface area contributed by atoms with Crippen LogP contribution in [0.2, 0.25) is 5.02 Å². The van der Waals surface area contributed by atoms with Crippen LogP contribution in [0.15, 0.2) is 59.7 Å². The molecule has 0 saturated carbocycles. The number of halogens is 4. The molecule has 3 heterocycles. The predicted molar refractivity (Wildman–Crippen MR) is 143 cm³/mol. The van der Waals surface area contributed by atoms with E-state index in [9.17, 15) is 32.7 Å². The maximum atomic E-state index is 13.3. The van der Waals surface area contributed by atoms with Gasteiger partial charge in [-0.3, -0.25) is 14.2 Å². The largest absolute Gasteiger partial charge is 0.416 e. The predicted octanol–water partition coefficient (Wildman–Crippen LogP) is 1.86. The molecule has 0 radical (unpaired) electrons. The number of alkyl halides is 3. The van der Waals surface area contributed by atoms with E-state index in [1.54, 1.807) is 24.3 Å². The molecule has 0 spiro atoms. The summed E-state index contributed by atoms with van der Waals surface area (Å²) in [5.41, 5.74) is 5.45. The molecule has 0 unspecified atom stereocenters. The van der Waals surface area contributed by atoms with E-state index in [1.165, 1.54) is 40.2 Å². The Morgan fingerprint density at radius 1 is 1.12 bits per heavy atom. The molecule has 2 atom stereocenters. The average Bonchev–Trinajstić information content (AvgIpc) is 3.70. The summed E-state index contributed by atoms with van der Waals surface area (Å²) in [4.78, 5) is 43.7. The molecule has 220 valence electrons. The summed E-state index contributed by atoms with van der Waals surface area (Å²) in [6.45, 7) is -0.821. The van der Waals surface area contributed by atoms with Crippen molar-refractivity contribution < 1.29 is 27.9 Å². The fourth-order valence-electron chi connectivity index (χ4n) is 4.62. The number of primary amides is 1. The normalized spacial score (nSPS) is 16.1.